The number of benzene rings is 2. The number of nitrogens with one attached hydrogen (secondary N) is 1. The standard InChI is InChI=1S/C19H15ClN2O2S/c1-11-17(25-19(21-11)13-6-5-7-14(20)10-13)18(24)22-16-9-4-3-8-15(16)12(2)23/h3-10H,1-2H3,(H,22,24). The molecule has 0 aliphatic rings. The molecule has 25 heavy (non-hydrogen) atoms. The van der Waals surface area contributed by atoms with Crippen LogP contribution in [0.4, 0.5) is 5.69 Å². The van der Waals surface area contributed by atoms with Crippen molar-refractivity contribution < 1.29 is 9.59 Å². The van der Waals surface area contributed by atoms with Gasteiger partial charge in [-0.3, -0.25) is 9.59 Å². The van der Waals surface area contributed by atoms with Gasteiger partial charge in [-0.05, 0) is 38.1 Å². The van der Waals surface area contributed by atoms with E-state index in [4.69, 9.17) is 11.6 Å². The van der Waals surface area contributed by atoms with Crippen LogP contribution in [0.5, 0.6) is 0 Å². The Morgan fingerprint density at radius 1 is 1.12 bits per heavy atom. The normalized spacial score (nSPS) is 10.5. The van der Waals surface area contributed by atoms with Gasteiger partial charge < -0.3 is 5.32 Å². The second-order valence-electron chi connectivity index (χ2n) is 5.50. The number of aromatic nitrogens is 1. The van der Waals surface area contributed by atoms with Crippen molar-refractivity contribution in [3.05, 3.63) is 69.7 Å². The van der Waals surface area contributed by atoms with E-state index in [1.54, 1.807) is 37.3 Å². The fourth-order valence-corrected chi connectivity index (χ4v) is 3.58. The highest BCUT2D eigenvalue weighted by atomic mass is 35.5. The van der Waals surface area contributed by atoms with Gasteiger partial charge in [-0.25, -0.2) is 4.98 Å². The lowest BCUT2D eigenvalue weighted by Gasteiger charge is -2.08. The SMILES string of the molecule is CC(=O)c1ccccc1NC(=O)c1sc(-c2cccc(Cl)c2)nc1C. The summed E-state index contributed by atoms with van der Waals surface area (Å²) in [5, 5.41) is 4.15. The molecule has 0 fully saturated rings. The van der Waals surface area contributed by atoms with Crippen LogP contribution in [0.3, 0.4) is 0 Å². The van der Waals surface area contributed by atoms with Gasteiger partial charge in [0.05, 0.1) is 11.4 Å². The lowest BCUT2D eigenvalue weighted by atomic mass is 10.1. The quantitative estimate of drug-likeness (QED) is 0.640. The summed E-state index contributed by atoms with van der Waals surface area (Å²) >= 11 is 7.32. The highest BCUT2D eigenvalue weighted by Crippen LogP contribution is 2.30. The predicted octanol–water partition coefficient (Wildman–Crippen LogP) is 5.23. The topological polar surface area (TPSA) is 59.1 Å². The molecule has 1 aromatic heterocycles. The van der Waals surface area contributed by atoms with E-state index in [-0.39, 0.29) is 11.7 Å². The summed E-state index contributed by atoms with van der Waals surface area (Å²) in [7, 11) is 0. The molecule has 0 saturated carbocycles. The number of carbonyl (C=O) groups is 2. The van der Waals surface area contributed by atoms with E-state index in [0.29, 0.717) is 26.8 Å². The van der Waals surface area contributed by atoms with Crippen LogP contribution in [-0.4, -0.2) is 16.7 Å². The van der Waals surface area contributed by atoms with Crippen LogP contribution >= 0.6 is 22.9 Å². The largest absolute Gasteiger partial charge is 0.321 e. The summed E-state index contributed by atoms with van der Waals surface area (Å²) in [4.78, 5) is 29.3. The first-order valence-corrected chi connectivity index (χ1v) is 8.80. The van der Waals surface area contributed by atoms with E-state index in [1.165, 1.54) is 18.3 Å². The molecule has 1 amide bonds. The fourth-order valence-electron chi connectivity index (χ4n) is 2.43. The number of aryl methyl sites for hydroxylation is 1. The molecule has 126 valence electrons. The van der Waals surface area contributed by atoms with Crippen LogP contribution in [0.15, 0.2) is 48.5 Å². The average molecular weight is 371 g/mol. The fraction of sp³-hybridized carbons (Fsp3) is 0.105. The Labute approximate surface area is 154 Å². The van der Waals surface area contributed by atoms with Crippen LogP contribution < -0.4 is 5.32 Å². The van der Waals surface area contributed by atoms with E-state index >= 15 is 0 Å². The zero-order chi connectivity index (χ0) is 18.0. The number of halogens is 1. The molecule has 6 heteroatoms. The third-order valence-electron chi connectivity index (χ3n) is 3.63. The number of amides is 1. The van der Waals surface area contributed by atoms with Gasteiger partial charge in [0.1, 0.15) is 9.88 Å². The number of nitrogens with zero attached hydrogens (tertiary/aromatic N) is 1. The maximum absolute atomic E-state index is 12.6. The molecule has 0 unspecified atom stereocenters. The monoisotopic (exact) mass is 370 g/mol. The molecule has 3 aromatic rings. The van der Waals surface area contributed by atoms with E-state index in [0.717, 1.165) is 10.6 Å². The maximum Gasteiger partial charge on any atom is 0.267 e. The third-order valence-corrected chi connectivity index (χ3v) is 5.07. The second kappa shape index (κ2) is 7.17. The molecule has 4 nitrogen and oxygen atoms in total. The van der Waals surface area contributed by atoms with Gasteiger partial charge in [-0.1, -0.05) is 35.9 Å². The minimum atomic E-state index is -0.281. The summed E-state index contributed by atoms with van der Waals surface area (Å²) in [6, 6.07) is 14.3. The molecule has 0 atom stereocenters. The molecular weight excluding hydrogens is 356 g/mol. The zero-order valence-corrected chi connectivity index (χ0v) is 15.2. The van der Waals surface area contributed by atoms with E-state index in [2.05, 4.69) is 10.3 Å². The highest BCUT2D eigenvalue weighted by Gasteiger charge is 2.18. The van der Waals surface area contributed by atoms with Crippen LogP contribution in [-0.2, 0) is 0 Å². The number of Topliss-reactive ketones (excluding diaryl/α,β-unsaturated/α-hetero) is 1. The molecule has 1 heterocycles. The molecule has 0 spiro atoms. The third kappa shape index (κ3) is 3.78. The van der Waals surface area contributed by atoms with E-state index in [1.807, 2.05) is 18.2 Å². The number of hydrogen-bond acceptors (Lipinski definition) is 4. The lowest BCUT2D eigenvalue weighted by Crippen LogP contribution is -2.14. The predicted molar refractivity (Wildman–Crippen MR) is 102 cm³/mol. The van der Waals surface area contributed by atoms with Crippen molar-refractivity contribution in [2.75, 3.05) is 5.32 Å². The molecular formula is C19H15ClN2O2S. The Morgan fingerprint density at radius 2 is 1.88 bits per heavy atom. The summed E-state index contributed by atoms with van der Waals surface area (Å²) in [5.74, 6) is -0.381. The molecule has 2 aromatic carbocycles. The summed E-state index contributed by atoms with van der Waals surface area (Å²) < 4.78 is 0. The summed E-state index contributed by atoms with van der Waals surface area (Å²) in [5.41, 5.74) is 2.48. The van der Waals surface area contributed by atoms with Crippen molar-refractivity contribution in [3.8, 4) is 10.6 Å². The van der Waals surface area contributed by atoms with E-state index in [9.17, 15) is 9.59 Å². The number of carbonyl (C=O) groups excluding carboxylic acids is 2. The molecule has 1 N–H and O–H groups in total. The number of para-hydroxylation sites is 1. The minimum Gasteiger partial charge on any atom is -0.321 e. The summed E-state index contributed by atoms with van der Waals surface area (Å²) in [6.07, 6.45) is 0. The Hall–Kier alpha value is -2.50. The Kier molecular flexibility index (Phi) is 4.97. The van der Waals surface area contributed by atoms with Crippen LogP contribution in [0.1, 0.15) is 32.6 Å². The first-order chi connectivity index (χ1) is 12.0. The van der Waals surface area contributed by atoms with Crippen LogP contribution in [0.25, 0.3) is 10.6 Å². The van der Waals surface area contributed by atoms with Crippen LogP contribution in [0, 0.1) is 6.92 Å². The van der Waals surface area contributed by atoms with E-state index < -0.39 is 0 Å². The number of thiazole rings is 1. The van der Waals surface area contributed by atoms with Crippen molar-refractivity contribution in [2.45, 2.75) is 13.8 Å². The minimum absolute atomic E-state index is 0.100. The highest BCUT2D eigenvalue weighted by molar-refractivity contribution is 7.17. The molecule has 0 aliphatic heterocycles. The molecule has 3 rings (SSSR count). The zero-order valence-electron chi connectivity index (χ0n) is 13.7. The van der Waals surface area contributed by atoms with Gasteiger partial charge in [0.25, 0.3) is 5.91 Å². The maximum atomic E-state index is 12.6. The molecule has 0 aliphatic carbocycles. The van der Waals surface area contributed by atoms with Crippen LogP contribution in [0.2, 0.25) is 5.02 Å². The Morgan fingerprint density at radius 3 is 2.60 bits per heavy atom. The number of anilines is 1. The van der Waals surface area contributed by atoms with Gasteiger partial charge in [0.15, 0.2) is 5.78 Å². The van der Waals surface area contributed by atoms with Crippen molar-refractivity contribution in [3.63, 3.8) is 0 Å². The van der Waals surface area contributed by atoms with Gasteiger partial charge >= 0.3 is 0 Å². The average Bonchev–Trinajstić information content (AvgIpc) is 2.97. The molecule has 0 bridgehead atoms. The van der Waals surface area contributed by atoms with Gasteiger partial charge in [-0.15, -0.1) is 11.3 Å². The number of rotatable bonds is 4. The molecule has 0 saturated heterocycles. The van der Waals surface area contributed by atoms with Crippen molar-refractivity contribution >= 4 is 40.3 Å². The first kappa shape index (κ1) is 17.3. The molecule has 0 radical (unpaired) electrons. The number of hydrogen-bond donors (Lipinski definition) is 1. The van der Waals surface area contributed by atoms with Crippen molar-refractivity contribution in [2.24, 2.45) is 0 Å². The lowest BCUT2D eigenvalue weighted by molar-refractivity contribution is 0.101. The van der Waals surface area contributed by atoms with Crippen molar-refractivity contribution in [1.29, 1.82) is 0 Å². The second-order valence-corrected chi connectivity index (χ2v) is 6.94. The Bertz CT molecular complexity index is 966. The smallest absolute Gasteiger partial charge is 0.267 e. The first-order valence-electron chi connectivity index (χ1n) is 7.60. The summed E-state index contributed by atoms with van der Waals surface area (Å²) in [6.45, 7) is 3.26. The Balaban J connectivity index is 1.90. The van der Waals surface area contributed by atoms with Gasteiger partial charge in [0, 0.05) is 16.1 Å². The van der Waals surface area contributed by atoms with Gasteiger partial charge in [-0.2, -0.15) is 0 Å². The number of ketones is 1. The van der Waals surface area contributed by atoms with Crippen molar-refractivity contribution in [1.82, 2.24) is 4.98 Å². The van der Waals surface area contributed by atoms with Gasteiger partial charge in [0.2, 0.25) is 0 Å².